The lowest BCUT2D eigenvalue weighted by Gasteiger charge is -2.20. The highest BCUT2D eigenvalue weighted by molar-refractivity contribution is 7.15. The molecule has 0 saturated carbocycles. The minimum Gasteiger partial charge on any atom is -0.343 e. The van der Waals surface area contributed by atoms with Crippen LogP contribution >= 0.6 is 22.7 Å². The Morgan fingerprint density at radius 1 is 1.50 bits per heavy atom. The van der Waals surface area contributed by atoms with Gasteiger partial charge in [-0.1, -0.05) is 17.4 Å². The molecule has 3 nitrogen and oxygen atoms in total. The van der Waals surface area contributed by atoms with E-state index in [0.29, 0.717) is 6.04 Å². The minimum atomic E-state index is 0.505. The largest absolute Gasteiger partial charge is 0.343 e. The third-order valence-corrected chi connectivity index (χ3v) is 6.00. The molecule has 2 heterocycles. The molecule has 2 aromatic heterocycles. The first-order valence-electron chi connectivity index (χ1n) is 7.26. The Balaban J connectivity index is 1.83. The lowest BCUT2D eigenvalue weighted by molar-refractivity contribution is 0.501. The predicted molar refractivity (Wildman–Crippen MR) is 87.9 cm³/mol. The average Bonchev–Trinajstić information content (AvgIpc) is 3.12. The third kappa shape index (κ3) is 2.75. The summed E-state index contributed by atoms with van der Waals surface area (Å²) in [6.07, 6.45) is 3.63. The first-order chi connectivity index (χ1) is 9.81. The van der Waals surface area contributed by atoms with E-state index in [0.717, 1.165) is 19.5 Å². The smallest absolute Gasteiger partial charge is 0.186 e. The zero-order valence-corrected chi connectivity index (χ0v) is 13.7. The van der Waals surface area contributed by atoms with Gasteiger partial charge in [-0.15, -0.1) is 11.3 Å². The third-order valence-electron chi connectivity index (χ3n) is 3.87. The van der Waals surface area contributed by atoms with E-state index in [1.54, 1.807) is 0 Å². The van der Waals surface area contributed by atoms with E-state index >= 15 is 0 Å². The van der Waals surface area contributed by atoms with Crippen molar-refractivity contribution in [1.82, 2.24) is 10.3 Å². The van der Waals surface area contributed by atoms with Crippen LogP contribution < -0.4 is 10.2 Å². The first kappa shape index (κ1) is 14.0. The number of thiophene rings is 1. The van der Waals surface area contributed by atoms with Gasteiger partial charge in [-0.25, -0.2) is 4.98 Å². The quantitative estimate of drug-likeness (QED) is 0.910. The molecule has 20 heavy (non-hydrogen) atoms. The highest BCUT2D eigenvalue weighted by Crippen LogP contribution is 2.37. The number of hydrogen-bond donors (Lipinski definition) is 1. The molecule has 1 aliphatic rings. The van der Waals surface area contributed by atoms with Crippen LogP contribution in [0.5, 0.6) is 0 Å². The number of rotatable bonds is 5. The maximum Gasteiger partial charge on any atom is 0.186 e. The van der Waals surface area contributed by atoms with E-state index in [2.05, 4.69) is 41.7 Å². The molecule has 1 N–H and O–H groups in total. The van der Waals surface area contributed by atoms with E-state index in [1.165, 1.54) is 33.4 Å². The average molecular weight is 307 g/mol. The topological polar surface area (TPSA) is 28.2 Å². The molecule has 0 amide bonds. The van der Waals surface area contributed by atoms with Crippen LogP contribution in [0.4, 0.5) is 5.13 Å². The Hall–Kier alpha value is -0.910. The Kier molecular flexibility index (Phi) is 4.38. The summed E-state index contributed by atoms with van der Waals surface area (Å²) < 4.78 is 0. The standard InChI is InChI=1S/C15H21N3S2/c1-3-18(10-11-6-5-9-19-11)15-17-13-8-4-7-12(16-2)14(13)20-15/h5-6,9,12,16H,3-4,7-8,10H2,1-2H3. The number of thiazole rings is 1. The van der Waals surface area contributed by atoms with Crippen LogP contribution in [0.2, 0.25) is 0 Å². The van der Waals surface area contributed by atoms with Crippen molar-refractivity contribution in [2.45, 2.75) is 38.8 Å². The maximum absolute atomic E-state index is 4.91. The van der Waals surface area contributed by atoms with Gasteiger partial charge in [0.2, 0.25) is 0 Å². The van der Waals surface area contributed by atoms with Gasteiger partial charge in [0.05, 0.1) is 12.2 Å². The molecule has 0 fully saturated rings. The molecule has 0 radical (unpaired) electrons. The van der Waals surface area contributed by atoms with Crippen LogP contribution in [0.1, 0.15) is 41.3 Å². The molecule has 2 aromatic rings. The van der Waals surface area contributed by atoms with Crippen molar-refractivity contribution in [1.29, 1.82) is 0 Å². The van der Waals surface area contributed by atoms with Crippen molar-refractivity contribution in [2.24, 2.45) is 0 Å². The molecule has 108 valence electrons. The fourth-order valence-corrected chi connectivity index (χ4v) is 4.76. The normalized spacial score (nSPS) is 18.0. The molecule has 0 spiro atoms. The Labute approximate surface area is 128 Å². The number of nitrogens with zero attached hydrogens (tertiary/aromatic N) is 2. The van der Waals surface area contributed by atoms with E-state index < -0.39 is 0 Å². The van der Waals surface area contributed by atoms with Crippen molar-refractivity contribution in [3.8, 4) is 0 Å². The van der Waals surface area contributed by atoms with Gasteiger partial charge in [0.25, 0.3) is 0 Å². The van der Waals surface area contributed by atoms with Gasteiger partial charge in [-0.05, 0) is 44.7 Å². The Bertz CT molecular complexity index is 547. The second-order valence-electron chi connectivity index (χ2n) is 5.13. The first-order valence-corrected chi connectivity index (χ1v) is 8.95. The van der Waals surface area contributed by atoms with Gasteiger partial charge < -0.3 is 10.2 Å². The summed E-state index contributed by atoms with van der Waals surface area (Å²) in [5.74, 6) is 0. The van der Waals surface area contributed by atoms with Crippen molar-refractivity contribution < 1.29 is 0 Å². The van der Waals surface area contributed by atoms with Crippen LogP contribution in [0.15, 0.2) is 17.5 Å². The van der Waals surface area contributed by atoms with E-state index in [1.807, 2.05) is 22.7 Å². The van der Waals surface area contributed by atoms with Crippen molar-refractivity contribution in [2.75, 3.05) is 18.5 Å². The predicted octanol–water partition coefficient (Wildman–Crippen LogP) is 3.83. The number of fused-ring (bicyclic) bond motifs is 1. The fraction of sp³-hybridized carbons (Fsp3) is 0.533. The summed E-state index contributed by atoms with van der Waals surface area (Å²) in [5.41, 5.74) is 1.32. The molecule has 5 heteroatoms. The monoisotopic (exact) mass is 307 g/mol. The van der Waals surface area contributed by atoms with Gasteiger partial charge in [0.1, 0.15) is 0 Å². The highest BCUT2D eigenvalue weighted by atomic mass is 32.1. The minimum absolute atomic E-state index is 0.505. The molecular formula is C15H21N3S2. The lowest BCUT2D eigenvalue weighted by Crippen LogP contribution is -2.21. The van der Waals surface area contributed by atoms with Gasteiger partial charge in [-0.2, -0.15) is 0 Å². The molecule has 0 aliphatic heterocycles. The summed E-state index contributed by atoms with van der Waals surface area (Å²) in [6, 6.07) is 4.83. The summed E-state index contributed by atoms with van der Waals surface area (Å²) >= 11 is 3.70. The maximum atomic E-state index is 4.91. The van der Waals surface area contributed by atoms with E-state index in [9.17, 15) is 0 Å². The van der Waals surface area contributed by atoms with Crippen LogP contribution in [-0.4, -0.2) is 18.6 Å². The highest BCUT2D eigenvalue weighted by Gasteiger charge is 2.24. The van der Waals surface area contributed by atoms with E-state index in [4.69, 9.17) is 4.98 Å². The number of anilines is 1. The zero-order valence-electron chi connectivity index (χ0n) is 12.1. The molecule has 0 bridgehead atoms. The Morgan fingerprint density at radius 2 is 2.40 bits per heavy atom. The van der Waals surface area contributed by atoms with Crippen LogP contribution in [0.3, 0.4) is 0 Å². The summed E-state index contributed by atoms with van der Waals surface area (Å²) in [6.45, 7) is 4.20. The van der Waals surface area contributed by atoms with Crippen LogP contribution in [0, 0.1) is 0 Å². The molecule has 1 aliphatic carbocycles. The van der Waals surface area contributed by atoms with Crippen LogP contribution in [0.25, 0.3) is 0 Å². The molecule has 0 aromatic carbocycles. The summed E-state index contributed by atoms with van der Waals surface area (Å²) in [4.78, 5) is 10.2. The van der Waals surface area contributed by atoms with Crippen molar-refractivity contribution >= 4 is 27.8 Å². The fourth-order valence-electron chi connectivity index (χ4n) is 2.72. The SMILES string of the molecule is CCN(Cc1cccs1)c1nc2c(s1)C(NC)CCC2. The van der Waals surface area contributed by atoms with Gasteiger partial charge in [0.15, 0.2) is 5.13 Å². The molecule has 1 unspecified atom stereocenters. The molecule has 1 atom stereocenters. The number of aromatic nitrogens is 1. The van der Waals surface area contributed by atoms with Crippen molar-refractivity contribution in [3.63, 3.8) is 0 Å². The zero-order chi connectivity index (χ0) is 13.9. The van der Waals surface area contributed by atoms with Gasteiger partial charge >= 0.3 is 0 Å². The summed E-state index contributed by atoms with van der Waals surface area (Å²) in [7, 11) is 2.06. The second-order valence-corrected chi connectivity index (χ2v) is 7.18. The van der Waals surface area contributed by atoms with E-state index in [-0.39, 0.29) is 0 Å². The molecule has 0 saturated heterocycles. The van der Waals surface area contributed by atoms with Crippen LogP contribution in [-0.2, 0) is 13.0 Å². The lowest BCUT2D eigenvalue weighted by atomic mass is 9.98. The molecular weight excluding hydrogens is 286 g/mol. The summed E-state index contributed by atoms with van der Waals surface area (Å²) in [5, 5.41) is 6.76. The molecule has 3 rings (SSSR count). The van der Waals surface area contributed by atoms with Gasteiger partial charge in [0, 0.05) is 22.3 Å². The Morgan fingerprint density at radius 3 is 3.10 bits per heavy atom. The second kappa shape index (κ2) is 6.24. The number of hydrogen-bond acceptors (Lipinski definition) is 5. The van der Waals surface area contributed by atoms with Gasteiger partial charge in [-0.3, -0.25) is 0 Å². The number of nitrogens with one attached hydrogen (secondary N) is 1. The van der Waals surface area contributed by atoms with Crippen molar-refractivity contribution in [3.05, 3.63) is 33.0 Å². The number of aryl methyl sites for hydroxylation is 1.